The minimum atomic E-state index is -0.939. The number of carboxylic acids is 1. The Kier molecular flexibility index (Phi) is 9.46. The Hall–Kier alpha value is -2.87. The van der Waals surface area contributed by atoms with E-state index in [9.17, 15) is 15.0 Å². The number of rotatable bonds is 9. The molecule has 3 aromatic rings. The SMILES string of the molecule is Br.Cc1cc(-c2ccc(C(=O)O)cc2)cc(C)c1OCCN[C@@H](C)[C@@H](O)c1ccc(O)cc1. The van der Waals surface area contributed by atoms with Crippen LogP contribution in [-0.2, 0) is 0 Å². The lowest BCUT2D eigenvalue weighted by Gasteiger charge is -2.21. The molecule has 33 heavy (non-hydrogen) atoms. The molecule has 0 aliphatic carbocycles. The van der Waals surface area contributed by atoms with E-state index in [4.69, 9.17) is 9.84 Å². The minimum absolute atomic E-state index is 0. The van der Waals surface area contributed by atoms with Crippen LogP contribution < -0.4 is 10.1 Å². The molecule has 0 radical (unpaired) electrons. The van der Waals surface area contributed by atoms with Gasteiger partial charge in [-0.15, -0.1) is 17.0 Å². The Morgan fingerprint density at radius 3 is 2.09 bits per heavy atom. The monoisotopic (exact) mass is 515 g/mol. The first-order chi connectivity index (χ1) is 15.3. The Morgan fingerprint density at radius 1 is 0.970 bits per heavy atom. The molecule has 2 atom stereocenters. The van der Waals surface area contributed by atoms with Crippen molar-refractivity contribution < 1.29 is 24.9 Å². The highest BCUT2D eigenvalue weighted by Crippen LogP contribution is 2.30. The van der Waals surface area contributed by atoms with Gasteiger partial charge >= 0.3 is 5.97 Å². The Labute approximate surface area is 204 Å². The number of carbonyl (C=O) groups is 1. The molecule has 0 aliphatic rings. The van der Waals surface area contributed by atoms with Gasteiger partial charge in [0.15, 0.2) is 0 Å². The molecule has 0 heterocycles. The molecule has 0 aromatic heterocycles. The third-order valence-electron chi connectivity index (χ3n) is 5.45. The molecule has 0 amide bonds. The summed E-state index contributed by atoms with van der Waals surface area (Å²) in [5.74, 6) is 0.0552. The highest BCUT2D eigenvalue weighted by molar-refractivity contribution is 8.93. The molecule has 0 unspecified atom stereocenters. The molecule has 4 N–H and O–H groups in total. The third kappa shape index (κ3) is 6.81. The summed E-state index contributed by atoms with van der Waals surface area (Å²) in [6, 6.07) is 17.2. The van der Waals surface area contributed by atoms with E-state index in [0.717, 1.165) is 33.6 Å². The molecular weight excluding hydrogens is 486 g/mol. The molecule has 0 saturated heterocycles. The van der Waals surface area contributed by atoms with Crippen LogP contribution in [0.3, 0.4) is 0 Å². The van der Waals surface area contributed by atoms with Crippen molar-refractivity contribution in [3.8, 4) is 22.6 Å². The van der Waals surface area contributed by atoms with Gasteiger partial charge in [0.05, 0.1) is 11.7 Å². The lowest BCUT2D eigenvalue weighted by molar-refractivity contribution is 0.0697. The van der Waals surface area contributed by atoms with Crippen LogP contribution in [0.4, 0.5) is 0 Å². The predicted molar refractivity (Wildman–Crippen MR) is 135 cm³/mol. The van der Waals surface area contributed by atoms with Gasteiger partial charge < -0.3 is 25.4 Å². The minimum Gasteiger partial charge on any atom is -0.508 e. The number of ether oxygens (including phenoxy) is 1. The zero-order valence-electron chi connectivity index (χ0n) is 18.9. The first-order valence-electron chi connectivity index (χ1n) is 10.5. The highest BCUT2D eigenvalue weighted by atomic mass is 79.9. The van der Waals surface area contributed by atoms with Gasteiger partial charge in [-0.25, -0.2) is 4.79 Å². The number of halogens is 1. The van der Waals surface area contributed by atoms with Gasteiger partial charge in [0.25, 0.3) is 0 Å². The fourth-order valence-electron chi connectivity index (χ4n) is 3.66. The van der Waals surface area contributed by atoms with Crippen LogP contribution in [0.2, 0.25) is 0 Å². The number of benzene rings is 3. The van der Waals surface area contributed by atoms with Crippen molar-refractivity contribution in [3.63, 3.8) is 0 Å². The van der Waals surface area contributed by atoms with E-state index >= 15 is 0 Å². The summed E-state index contributed by atoms with van der Waals surface area (Å²) in [5, 5.41) is 32.2. The molecule has 3 aromatic carbocycles. The summed E-state index contributed by atoms with van der Waals surface area (Å²) in [6.45, 7) is 6.89. The Morgan fingerprint density at radius 2 is 1.55 bits per heavy atom. The first-order valence-corrected chi connectivity index (χ1v) is 10.5. The summed E-state index contributed by atoms with van der Waals surface area (Å²) in [5.41, 5.74) is 4.96. The Bertz CT molecular complexity index is 1040. The van der Waals surface area contributed by atoms with Crippen LogP contribution in [0.15, 0.2) is 60.7 Å². The van der Waals surface area contributed by atoms with Crippen LogP contribution in [0, 0.1) is 13.8 Å². The van der Waals surface area contributed by atoms with Gasteiger partial charge in [0.2, 0.25) is 0 Å². The number of aryl methyl sites for hydroxylation is 2. The molecule has 0 fully saturated rings. The lowest BCUT2D eigenvalue weighted by atomic mass is 9.99. The summed E-state index contributed by atoms with van der Waals surface area (Å²) >= 11 is 0. The predicted octanol–water partition coefficient (Wildman–Crippen LogP) is 5.04. The number of phenolic OH excluding ortho intramolecular Hbond substituents is 1. The van der Waals surface area contributed by atoms with Crippen molar-refractivity contribution in [3.05, 3.63) is 82.9 Å². The second-order valence-electron chi connectivity index (χ2n) is 7.95. The quantitative estimate of drug-likeness (QED) is 0.298. The maximum Gasteiger partial charge on any atom is 0.335 e. The van der Waals surface area contributed by atoms with Crippen LogP contribution >= 0.6 is 17.0 Å². The molecule has 0 saturated carbocycles. The number of hydrogen-bond acceptors (Lipinski definition) is 5. The van der Waals surface area contributed by atoms with Gasteiger partial charge in [-0.1, -0.05) is 24.3 Å². The number of aliphatic hydroxyl groups is 1. The van der Waals surface area contributed by atoms with Gasteiger partial charge in [0, 0.05) is 12.6 Å². The molecule has 0 spiro atoms. The number of aromatic carboxylic acids is 1. The van der Waals surface area contributed by atoms with Gasteiger partial charge in [-0.05, 0) is 85.0 Å². The molecule has 6 nitrogen and oxygen atoms in total. The fourth-order valence-corrected chi connectivity index (χ4v) is 3.66. The zero-order valence-corrected chi connectivity index (χ0v) is 20.6. The summed E-state index contributed by atoms with van der Waals surface area (Å²) in [4.78, 5) is 11.0. The number of aliphatic hydroxyl groups excluding tert-OH is 1. The number of carboxylic acid groups (broad SMARTS) is 1. The van der Waals surface area contributed by atoms with Crippen LogP contribution in [-0.4, -0.2) is 40.5 Å². The van der Waals surface area contributed by atoms with E-state index < -0.39 is 12.1 Å². The van der Waals surface area contributed by atoms with E-state index in [1.165, 1.54) is 0 Å². The number of hydrogen-bond donors (Lipinski definition) is 4. The van der Waals surface area contributed by atoms with Crippen molar-refractivity contribution in [1.29, 1.82) is 0 Å². The Balaban J connectivity index is 0.00000385. The normalized spacial score (nSPS) is 12.5. The zero-order chi connectivity index (χ0) is 23.3. The molecular formula is C26H30BrNO5. The van der Waals surface area contributed by atoms with Crippen LogP contribution in [0.5, 0.6) is 11.5 Å². The maximum absolute atomic E-state index is 11.0. The summed E-state index contributed by atoms with van der Waals surface area (Å²) < 4.78 is 6.01. The average molecular weight is 516 g/mol. The first kappa shape index (κ1) is 26.4. The second-order valence-corrected chi connectivity index (χ2v) is 7.95. The van der Waals surface area contributed by atoms with Crippen molar-refractivity contribution >= 4 is 23.0 Å². The maximum atomic E-state index is 11.0. The van der Waals surface area contributed by atoms with E-state index in [-0.39, 0.29) is 34.3 Å². The van der Waals surface area contributed by atoms with Crippen molar-refractivity contribution in [1.82, 2.24) is 5.32 Å². The van der Waals surface area contributed by atoms with Crippen LogP contribution in [0.25, 0.3) is 11.1 Å². The van der Waals surface area contributed by atoms with E-state index in [1.807, 2.05) is 45.0 Å². The van der Waals surface area contributed by atoms with E-state index in [0.29, 0.717) is 13.2 Å². The second kappa shape index (κ2) is 11.8. The van der Waals surface area contributed by atoms with Crippen molar-refractivity contribution in [2.75, 3.05) is 13.2 Å². The van der Waals surface area contributed by atoms with Crippen molar-refractivity contribution in [2.45, 2.75) is 32.9 Å². The van der Waals surface area contributed by atoms with E-state index in [1.54, 1.807) is 36.4 Å². The lowest BCUT2D eigenvalue weighted by Crippen LogP contribution is -2.35. The molecule has 0 aliphatic heterocycles. The fraction of sp³-hybridized carbons (Fsp3) is 0.269. The molecule has 0 bridgehead atoms. The number of phenols is 1. The summed E-state index contributed by atoms with van der Waals surface area (Å²) in [7, 11) is 0. The number of nitrogens with one attached hydrogen (secondary N) is 1. The standard InChI is InChI=1S/C26H29NO5.BrH/c1-16-14-22(19-4-6-21(7-5-19)26(30)31)15-17(2)25(16)32-13-12-27-18(3)24(29)20-8-10-23(28)11-9-20;/h4-11,14-15,18,24,27-29H,12-13H2,1-3H3,(H,30,31);1H/t18-,24+;/m0./s1. The number of aromatic hydroxyl groups is 1. The van der Waals surface area contributed by atoms with Gasteiger partial charge in [-0.3, -0.25) is 0 Å². The third-order valence-corrected chi connectivity index (χ3v) is 5.45. The largest absolute Gasteiger partial charge is 0.508 e. The van der Waals surface area contributed by atoms with Crippen LogP contribution in [0.1, 0.15) is 40.1 Å². The average Bonchev–Trinajstić information content (AvgIpc) is 2.77. The topological polar surface area (TPSA) is 99.0 Å². The van der Waals surface area contributed by atoms with Crippen molar-refractivity contribution in [2.24, 2.45) is 0 Å². The molecule has 3 rings (SSSR count). The smallest absolute Gasteiger partial charge is 0.335 e. The van der Waals surface area contributed by atoms with E-state index in [2.05, 4.69) is 5.32 Å². The van der Waals surface area contributed by atoms with Gasteiger partial charge in [-0.2, -0.15) is 0 Å². The molecule has 7 heteroatoms. The highest BCUT2D eigenvalue weighted by Gasteiger charge is 2.16. The summed E-state index contributed by atoms with van der Waals surface area (Å²) in [6.07, 6.45) is -0.689. The van der Waals surface area contributed by atoms with Gasteiger partial charge in [0.1, 0.15) is 18.1 Å². The molecule has 176 valence electrons.